The van der Waals surface area contributed by atoms with E-state index in [1.807, 2.05) is 49.4 Å². The van der Waals surface area contributed by atoms with Gasteiger partial charge in [0.2, 0.25) is 5.91 Å². The minimum atomic E-state index is -0.505. The molecule has 0 saturated carbocycles. The molecule has 0 aliphatic carbocycles. The van der Waals surface area contributed by atoms with Gasteiger partial charge in [-0.2, -0.15) is 0 Å². The summed E-state index contributed by atoms with van der Waals surface area (Å²) in [6.45, 7) is 2.45. The molecule has 1 aliphatic rings. The molecule has 3 aromatic carbocycles. The van der Waals surface area contributed by atoms with Gasteiger partial charge in [0.1, 0.15) is 24.7 Å². The summed E-state index contributed by atoms with van der Waals surface area (Å²) < 4.78 is 12.1. The van der Waals surface area contributed by atoms with Gasteiger partial charge in [0, 0.05) is 10.7 Å². The lowest BCUT2D eigenvalue weighted by molar-refractivity contribution is -0.127. The summed E-state index contributed by atoms with van der Waals surface area (Å²) in [7, 11) is 0. The Kier molecular flexibility index (Phi) is 9.12. The molecule has 0 radical (unpaired) electrons. The van der Waals surface area contributed by atoms with Crippen LogP contribution in [0.1, 0.15) is 18.1 Å². The first kappa shape index (κ1) is 27.0. The van der Waals surface area contributed by atoms with E-state index in [-0.39, 0.29) is 11.4 Å². The van der Waals surface area contributed by atoms with E-state index in [4.69, 9.17) is 21.1 Å². The van der Waals surface area contributed by atoms with Crippen molar-refractivity contribution in [3.05, 3.63) is 91.4 Å². The third-order valence-corrected chi connectivity index (χ3v) is 7.19. The number of hydrogen-bond acceptors (Lipinski definition) is 6. The van der Waals surface area contributed by atoms with Crippen molar-refractivity contribution in [1.82, 2.24) is 4.90 Å². The van der Waals surface area contributed by atoms with E-state index in [9.17, 15) is 14.4 Å². The second kappa shape index (κ2) is 12.5. The molecule has 1 saturated heterocycles. The molecule has 37 heavy (non-hydrogen) atoms. The van der Waals surface area contributed by atoms with Crippen molar-refractivity contribution in [2.45, 2.75) is 13.5 Å². The van der Waals surface area contributed by atoms with Gasteiger partial charge in [0.15, 0.2) is 0 Å². The van der Waals surface area contributed by atoms with Gasteiger partial charge >= 0.3 is 0 Å². The maximum atomic E-state index is 12.8. The summed E-state index contributed by atoms with van der Waals surface area (Å²) in [5.74, 6) is 0.415. The first-order chi connectivity index (χ1) is 17.8. The molecule has 1 aliphatic heterocycles. The van der Waals surface area contributed by atoms with E-state index in [0.29, 0.717) is 35.4 Å². The van der Waals surface area contributed by atoms with E-state index >= 15 is 0 Å². The Morgan fingerprint density at radius 3 is 2.46 bits per heavy atom. The van der Waals surface area contributed by atoms with Crippen LogP contribution in [0.5, 0.6) is 11.5 Å². The summed E-state index contributed by atoms with van der Waals surface area (Å²) in [5, 5.41) is 2.87. The fraction of sp³-hybridized carbons (Fsp3) is 0.148. The number of imide groups is 1. The minimum absolute atomic E-state index is 0.254. The lowest BCUT2D eigenvalue weighted by Gasteiger charge is -2.13. The number of nitrogens with one attached hydrogen (secondary N) is 1. The quantitative estimate of drug-likeness (QED) is 0.208. The van der Waals surface area contributed by atoms with Crippen molar-refractivity contribution in [3.63, 3.8) is 0 Å². The van der Waals surface area contributed by atoms with Crippen LogP contribution in [0.15, 0.2) is 71.6 Å². The Balaban J connectivity index is 1.36. The molecule has 3 aromatic rings. The van der Waals surface area contributed by atoms with Crippen LogP contribution in [0.25, 0.3) is 6.08 Å². The Bertz CT molecular complexity index is 1350. The highest BCUT2D eigenvalue weighted by Crippen LogP contribution is 2.33. The highest BCUT2D eigenvalue weighted by atomic mass is 127. The summed E-state index contributed by atoms with van der Waals surface area (Å²) in [6.07, 6.45) is 1.64. The van der Waals surface area contributed by atoms with Crippen LogP contribution in [0.3, 0.4) is 0 Å². The van der Waals surface area contributed by atoms with Crippen LogP contribution < -0.4 is 14.8 Å². The Morgan fingerprint density at radius 1 is 1.05 bits per heavy atom. The zero-order chi connectivity index (χ0) is 26.4. The molecule has 0 spiro atoms. The van der Waals surface area contributed by atoms with Gasteiger partial charge < -0.3 is 14.8 Å². The predicted octanol–water partition coefficient (Wildman–Crippen LogP) is 6.60. The zero-order valence-electron chi connectivity index (χ0n) is 19.7. The van der Waals surface area contributed by atoms with E-state index < -0.39 is 17.1 Å². The molecule has 1 N–H and O–H groups in total. The first-order valence-corrected chi connectivity index (χ1v) is 13.5. The van der Waals surface area contributed by atoms with Gasteiger partial charge in [-0.1, -0.05) is 29.8 Å². The van der Waals surface area contributed by atoms with Gasteiger partial charge in [-0.25, -0.2) is 0 Å². The smallest absolute Gasteiger partial charge is 0.294 e. The van der Waals surface area contributed by atoms with Gasteiger partial charge in [-0.05, 0) is 107 Å². The lowest BCUT2D eigenvalue weighted by atomic mass is 10.2. The fourth-order valence-corrected chi connectivity index (χ4v) is 5.06. The first-order valence-electron chi connectivity index (χ1n) is 11.3. The zero-order valence-corrected chi connectivity index (χ0v) is 23.4. The fourth-order valence-electron chi connectivity index (χ4n) is 3.40. The van der Waals surface area contributed by atoms with E-state index in [1.165, 1.54) is 0 Å². The maximum absolute atomic E-state index is 12.8. The third-order valence-electron chi connectivity index (χ3n) is 5.19. The number of carbonyl (C=O) groups excluding carboxylic acids is 3. The van der Waals surface area contributed by atoms with Crippen molar-refractivity contribution in [2.24, 2.45) is 0 Å². The van der Waals surface area contributed by atoms with Gasteiger partial charge in [-0.3, -0.25) is 19.3 Å². The molecule has 3 amide bonds. The van der Waals surface area contributed by atoms with Crippen LogP contribution in [-0.4, -0.2) is 35.1 Å². The number of ether oxygens (including phenoxy) is 2. The third kappa shape index (κ3) is 7.27. The number of nitrogens with zero attached hydrogens (tertiary/aromatic N) is 1. The highest BCUT2D eigenvalue weighted by Gasteiger charge is 2.36. The number of carbonyl (C=O) groups is 3. The summed E-state index contributed by atoms with van der Waals surface area (Å²) in [4.78, 5) is 38.9. The molecular formula is C27H22ClIN2O5S. The van der Waals surface area contributed by atoms with Crippen molar-refractivity contribution in [2.75, 3.05) is 18.5 Å². The van der Waals surface area contributed by atoms with Crippen molar-refractivity contribution < 1.29 is 23.9 Å². The van der Waals surface area contributed by atoms with Crippen LogP contribution in [0.4, 0.5) is 10.5 Å². The Labute approximate surface area is 237 Å². The summed E-state index contributed by atoms with van der Waals surface area (Å²) in [6, 6.07) is 19.8. The number of anilines is 1. The molecule has 1 fully saturated rings. The maximum Gasteiger partial charge on any atom is 0.294 e. The highest BCUT2D eigenvalue weighted by molar-refractivity contribution is 14.1. The molecule has 4 rings (SSSR count). The molecule has 0 atom stereocenters. The van der Waals surface area contributed by atoms with E-state index in [0.717, 1.165) is 31.4 Å². The van der Waals surface area contributed by atoms with Gasteiger partial charge in [0.05, 0.1) is 15.1 Å². The average molecular weight is 649 g/mol. The lowest BCUT2D eigenvalue weighted by Crippen LogP contribution is -2.36. The molecule has 0 unspecified atom stereocenters. The second-order valence-electron chi connectivity index (χ2n) is 7.88. The number of amides is 3. The number of rotatable bonds is 9. The summed E-state index contributed by atoms with van der Waals surface area (Å²) >= 11 is 8.89. The van der Waals surface area contributed by atoms with Gasteiger partial charge in [0.25, 0.3) is 11.1 Å². The molecule has 190 valence electrons. The number of benzene rings is 3. The number of halogens is 2. The largest absolute Gasteiger partial charge is 0.494 e. The Hall–Kier alpha value is -3.02. The molecular weight excluding hydrogens is 627 g/mol. The van der Waals surface area contributed by atoms with E-state index in [1.54, 1.807) is 30.3 Å². The SMILES string of the molecule is CCOc1ccc(NC(=O)CN2C(=O)S/C(=C/c3ccc(OCc4ccc(Cl)cc4)c(I)c3)C2=O)cc1. The predicted molar refractivity (Wildman–Crippen MR) is 154 cm³/mol. The normalized spacial score (nSPS) is 14.2. The van der Waals surface area contributed by atoms with Crippen molar-refractivity contribution in [1.29, 1.82) is 0 Å². The van der Waals surface area contributed by atoms with Crippen LogP contribution in [0.2, 0.25) is 5.02 Å². The molecule has 10 heteroatoms. The van der Waals surface area contributed by atoms with Crippen LogP contribution in [0, 0.1) is 3.57 Å². The topological polar surface area (TPSA) is 84.9 Å². The van der Waals surface area contributed by atoms with Crippen molar-refractivity contribution in [3.8, 4) is 11.5 Å². The van der Waals surface area contributed by atoms with Crippen LogP contribution >= 0.6 is 46.0 Å². The average Bonchev–Trinajstić information content (AvgIpc) is 3.13. The number of hydrogen-bond donors (Lipinski definition) is 1. The van der Waals surface area contributed by atoms with Gasteiger partial charge in [-0.15, -0.1) is 0 Å². The Morgan fingerprint density at radius 2 is 1.78 bits per heavy atom. The standard InChI is InChI=1S/C27H22ClIN2O5S/c1-2-35-21-10-8-20(9-11-21)30-25(32)15-31-26(33)24(37-27(31)34)14-18-5-12-23(22(29)13-18)36-16-17-3-6-19(28)7-4-17/h3-14H,2,15-16H2,1H3,(H,30,32)/b24-14+. The molecule has 7 nitrogen and oxygen atoms in total. The monoisotopic (exact) mass is 648 g/mol. The second-order valence-corrected chi connectivity index (χ2v) is 10.5. The molecule has 0 aromatic heterocycles. The molecule has 1 heterocycles. The minimum Gasteiger partial charge on any atom is -0.494 e. The van der Waals surface area contributed by atoms with Crippen molar-refractivity contribution >= 4 is 74.8 Å². The molecule has 0 bridgehead atoms. The van der Waals surface area contributed by atoms with E-state index in [2.05, 4.69) is 27.9 Å². The summed E-state index contributed by atoms with van der Waals surface area (Å²) in [5.41, 5.74) is 2.28. The van der Waals surface area contributed by atoms with Crippen LogP contribution in [-0.2, 0) is 16.2 Å². The number of thioether (sulfide) groups is 1.